The third-order valence-corrected chi connectivity index (χ3v) is 5.07. The summed E-state index contributed by atoms with van der Waals surface area (Å²) in [6.45, 7) is 6.28. The molecule has 2 nitrogen and oxygen atoms in total. The molecule has 0 rings (SSSR count). The van der Waals surface area contributed by atoms with Crippen molar-refractivity contribution < 1.29 is 9.90 Å². The second kappa shape index (κ2) is 13.2. The Labute approximate surface area is 132 Å². The number of rotatable bonds is 15. The van der Waals surface area contributed by atoms with Crippen LogP contribution in [0, 0.1) is 5.41 Å². The number of hydrogen-bond donors (Lipinski definition) is 1. The van der Waals surface area contributed by atoms with Crippen LogP contribution in [0.1, 0.15) is 111 Å². The van der Waals surface area contributed by atoms with Crippen LogP contribution in [0.5, 0.6) is 0 Å². The molecular weight excluding hydrogens is 260 g/mol. The maximum Gasteiger partial charge on any atom is 0.309 e. The van der Waals surface area contributed by atoms with Crippen LogP contribution >= 0.6 is 0 Å². The van der Waals surface area contributed by atoms with Gasteiger partial charge in [0.15, 0.2) is 0 Å². The van der Waals surface area contributed by atoms with E-state index in [2.05, 4.69) is 6.92 Å². The van der Waals surface area contributed by atoms with Crippen LogP contribution in [0.15, 0.2) is 0 Å². The van der Waals surface area contributed by atoms with E-state index >= 15 is 0 Å². The van der Waals surface area contributed by atoms with E-state index < -0.39 is 11.4 Å². The van der Waals surface area contributed by atoms with Crippen LogP contribution in [-0.2, 0) is 4.79 Å². The highest BCUT2D eigenvalue weighted by Gasteiger charge is 2.33. The Kier molecular flexibility index (Phi) is 12.8. The van der Waals surface area contributed by atoms with Crippen molar-refractivity contribution >= 4 is 5.97 Å². The Bertz CT molecular complexity index is 244. The molecule has 0 bridgehead atoms. The lowest BCUT2D eigenvalue weighted by Gasteiger charge is -2.26. The van der Waals surface area contributed by atoms with Crippen LogP contribution in [0.3, 0.4) is 0 Å². The predicted octanol–water partition coefficient (Wildman–Crippen LogP) is 6.58. The van der Waals surface area contributed by atoms with E-state index in [1.54, 1.807) is 0 Å². The first-order valence-corrected chi connectivity index (χ1v) is 9.36. The second-order valence-corrected chi connectivity index (χ2v) is 6.58. The van der Waals surface area contributed by atoms with Gasteiger partial charge < -0.3 is 5.11 Å². The molecule has 0 saturated heterocycles. The molecule has 1 N–H and O–H groups in total. The lowest BCUT2D eigenvalue weighted by atomic mass is 9.78. The van der Waals surface area contributed by atoms with Crippen molar-refractivity contribution in [2.24, 2.45) is 5.41 Å². The molecule has 126 valence electrons. The minimum absolute atomic E-state index is 0.459. The van der Waals surface area contributed by atoms with Gasteiger partial charge in [-0.05, 0) is 19.3 Å². The highest BCUT2D eigenvalue weighted by atomic mass is 16.4. The molecule has 0 aliphatic rings. The number of hydrogen-bond acceptors (Lipinski definition) is 1. The zero-order valence-corrected chi connectivity index (χ0v) is 14.8. The highest BCUT2D eigenvalue weighted by Crippen LogP contribution is 2.33. The largest absolute Gasteiger partial charge is 0.481 e. The SMILES string of the molecule is CCCCCCCCCCCCCC(CC)(CC)C(=O)O. The normalized spacial score (nSPS) is 11.8. The Morgan fingerprint density at radius 1 is 0.714 bits per heavy atom. The van der Waals surface area contributed by atoms with Crippen molar-refractivity contribution in [1.29, 1.82) is 0 Å². The van der Waals surface area contributed by atoms with Crippen LogP contribution < -0.4 is 0 Å². The fourth-order valence-corrected chi connectivity index (χ4v) is 3.14. The molecule has 0 aromatic carbocycles. The van der Waals surface area contributed by atoms with Gasteiger partial charge in [0.1, 0.15) is 0 Å². The molecule has 0 unspecified atom stereocenters. The summed E-state index contributed by atoms with van der Waals surface area (Å²) < 4.78 is 0. The summed E-state index contributed by atoms with van der Waals surface area (Å²) in [5, 5.41) is 9.39. The van der Waals surface area contributed by atoms with Crippen LogP contribution in [-0.4, -0.2) is 11.1 Å². The summed E-state index contributed by atoms with van der Waals surface area (Å²) in [4.78, 5) is 11.4. The molecule has 0 amide bonds. The molecule has 0 fully saturated rings. The summed E-state index contributed by atoms with van der Waals surface area (Å²) in [6.07, 6.45) is 16.9. The van der Waals surface area contributed by atoms with E-state index in [1.165, 1.54) is 64.2 Å². The van der Waals surface area contributed by atoms with Gasteiger partial charge in [0.25, 0.3) is 0 Å². The van der Waals surface area contributed by atoms with Crippen molar-refractivity contribution in [3.63, 3.8) is 0 Å². The fraction of sp³-hybridized carbons (Fsp3) is 0.947. The van der Waals surface area contributed by atoms with Gasteiger partial charge in [-0.1, -0.05) is 91.4 Å². The molecule has 0 aromatic rings. The highest BCUT2D eigenvalue weighted by molar-refractivity contribution is 5.74. The Hall–Kier alpha value is -0.530. The molecule has 0 radical (unpaired) electrons. The van der Waals surface area contributed by atoms with E-state index in [4.69, 9.17) is 0 Å². The summed E-state index contributed by atoms with van der Waals surface area (Å²) in [5.41, 5.74) is -0.459. The molecule has 0 saturated carbocycles. The lowest BCUT2D eigenvalue weighted by Crippen LogP contribution is -2.29. The molecule has 21 heavy (non-hydrogen) atoms. The summed E-state index contributed by atoms with van der Waals surface area (Å²) >= 11 is 0. The average Bonchev–Trinajstić information content (AvgIpc) is 2.49. The number of unbranched alkanes of at least 4 members (excludes halogenated alkanes) is 10. The fourth-order valence-electron chi connectivity index (χ4n) is 3.14. The molecule has 2 heteroatoms. The summed E-state index contributed by atoms with van der Waals surface area (Å²) in [6, 6.07) is 0. The van der Waals surface area contributed by atoms with Crippen molar-refractivity contribution in [2.75, 3.05) is 0 Å². The van der Waals surface area contributed by atoms with E-state index in [1.807, 2.05) is 13.8 Å². The molecule has 0 aliphatic heterocycles. The van der Waals surface area contributed by atoms with Crippen molar-refractivity contribution in [3.05, 3.63) is 0 Å². The first-order valence-electron chi connectivity index (χ1n) is 9.36. The zero-order valence-electron chi connectivity index (χ0n) is 14.8. The quantitative estimate of drug-likeness (QED) is 0.347. The number of carbonyl (C=O) groups is 1. The first-order chi connectivity index (χ1) is 10.1. The average molecular weight is 299 g/mol. The van der Waals surface area contributed by atoms with Gasteiger partial charge in [-0.25, -0.2) is 0 Å². The zero-order chi connectivity index (χ0) is 16.0. The Morgan fingerprint density at radius 3 is 1.43 bits per heavy atom. The minimum Gasteiger partial charge on any atom is -0.481 e. The molecule has 0 spiro atoms. The molecule has 0 heterocycles. The van der Waals surface area contributed by atoms with E-state index in [-0.39, 0.29) is 0 Å². The van der Waals surface area contributed by atoms with E-state index in [0.29, 0.717) is 0 Å². The van der Waals surface area contributed by atoms with Gasteiger partial charge in [-0.3, -0.25) is 4.79 Å². The van der Waals surface area contributed by atoms with E-state index in [9.17, 15) is 9.90 Å². The van der Waals surface area contributed by atoms with E-state index in [0.717, 1.165) is 25.7 Å². The van der Waals surface area contributed by atoms with Gasteiger partial charge >= 0.3 is 5.97 Å². The van der Waals surface area contributed by atoms with Gasteiger partial charge in [0.2, 0.25) is 0 Å². The van der Waals surface area contributed by atoms with Crippen molar-refractivity contribution in [3.8, 4) is 0 Å². The van der Waals surface area contributed by atoms with Gasteiger partial charge in [0.05, 0.1) is 5.41 Å². The number of carboxylic acids is 1. The van der Waals surface area contributed by atoms with Crippen molar-refractivity contribution in [2.45, 2.75) is 111 Å². The van der Waals surface area contributed by atoms with Crippen LogP contribution in [0.25, 0.3) is 0 Å². The summed E-state index contributed by atoms with van der Waals surface area (Å²) in [7, 11) is 0. The van der Waals surface area contributed by atoms with Crippen LogP contribution in [0.2, 0.25) is 0 Å². The predicted molar refractivity (Wildman–Crippen MR) is 91.7 cm³/mol. The molecule has 0 aromatic heterocycles. The Morgan fingerprint density at radius 2 is 1.10 bits per heavy atom. The topological polar surface area (TPSA) is 37.3 Å². The third-order valence-electron chi connectivity index (χ3n) is 5.07. The van der Waals surface area contributed by atoms with Gasteiger partial charge in [0, 0.05) is 0 Å². The molecule has 0 aliphatic carbocycles. The van der Waals surface area contributed by atoms with Gasteiger partial charge in [-0.15, -0.1) is 0 Å². The van der Waals surface area contributed by atoms with Gasteiger partial charge in [-0.2, -0.15) is 0 Å². The standard InChI is InChI=1S/C19H38O2/c1-4-7-8-9-10-11-12-13-14-15-16-17-19(5-2,6-3)18(20)21/h4-17H2,1-3H3,(H,20,21). The Balaban J connectivity index is 3.49. The smallest absolute Gasteiger partial charge is 0.309 e. The maximum atomic E-state index is 11.4. The monoisotopic (exact) mass is 298 g/mol. The lowest BCUT2D eigenvalue weighted by molar-refractivity contribution is -0.150. The second-order valence-electron chi connectivity index (χ2n) is 6.58. The maximum absolute atomic E-state index is 11.4. The van der Waals surface area contributed by atoms with Crippen molar-refractivity contribution in [1.82, 2.24) is 0 Å². The first kappa shape index (κ1) is 20.5. The molecular formula is C19H38O2. The third kappa shape index (κ3) is 9.16. The number of carboxylic acid groups (broad SMARTS) is 1. The minimum atomic E-state index is -0.598. The van der Waals surface area contributed by atoms with Crippen LogP contribution in [0.4, 0.5) is 0 Å². The molecule has 0 atom stereocenters. The number of aliphatic carboxylic acids is 1. The summed E-state index contributed by atoms with van der Waals surface area (Å²) in [5.74, 6) is -0.598.